The van der Waals surface area contributed by atoms with Gasteiger partial charge in [0.15, 0.2) is 5.82 Å². The van der Waals surface area contributed by atoms with Crippen LogP contribution in [-0.2, 0) is 11.3 Å². The van der Waals surface area contributed by atoms with Gasteiger partial charge >= 0.3 is 0 Å². The fraction of sp³-hybridized carbons (Fsp3) is 0.250. The van der Waals surface area contributed by atoms with Crippen molar-refractivity contribution in [2.24, 2.45) is 0 Å². The highest BCUT2D eigenvalue weighted by atomic mass is 16.5. The summed E-state index contributed by atoms with van der Waals surface area (Å²) in [7, 11) is 0. The number of nitrogens with zero attached hydrogens (tertiary/aromatic N) is 6. The molecule has 5 rings (SSSR count). The van der Waals surface area contributed by atoms with Crippen LogP contribution in [0.1, 0.15) is 5.82 Å². The molecule has 0 unspecified atom stereocenters. The van der Waals surface area contributed by atoms with E-state index < -0.39 is 0 Å². The van der Waals surface area contributed by atoms with Crippen LogP contribution >= 0.6 is 0 Å². The number of fused-ring (bicyclic) bond motifs is 1. The van der Waals surface area contributed by atoms with Crippen molar-refractivity contribution in [1.82, 2.24) is 19.7 Å². The Hall–Kier alpha value is -3.39. The number of anilines is 4. The molecule has 2 aliphatic rings. The van der Waals surface area contributed by atoms with Gasteiger partial charge in [-0.15, -0.1) is 5.10 Å². The van der Waals surface area contributed by atoms with E-state index in [1.807, 2.05) is 24.5 Å². The van der Waals surface area contributed by atoms with Gasteiger partial charge in [-0.25, -0.2) is 4.68 Å². The molecule has 0 bridgehead atoms. The average molecular weight is 375 g/mol. The highest BCUT2D eigenvalue weighted by Crippen LogP contribution is 2.25. The van der Waals surface area contributed by atoms with Crippen LogP contribution in [0.5, 0.6) is 0 Å². The van der Waals surface area contributed by atoms with Gasteiger partial charge in [0.25, 0.3) is 0 Å². The molecular weight excluding hydrogens is 354 g/mol. The quantitative estimate of drug-likeness (QED) is 0.752. The highest BCUT2D eigenvalue weighted by Gasteiger charge is 2.17. The Kier molecular flexibility index (Phi) is 4.38. The van der Waals surface area contributed by atoms with Crippen molar-refractivity contribution in [2.45, 2.75) is 6.54 Å². The van der Waals surface area contributed by atoms with Crippen LogP contribution in [0.4, 0.5) is 23.0 Å². The Morgan fingerprint density at radius 2 is 1.79 bits per heavy atom. The lowest BCUT2D eigenvalue weighted by Gasteiger charge is -2.29. The molecule has 2 aromatic heterocycles. The van der Waals surface area contributed by atoms with Gasteiger partial charge in [-0.1, -0.05) is 0 Å². The number of aromatic nitrogens is 4. The molecular formula is C20H21N7O. The number of ether oxygens (including phenoxy) is 1. The molecule has 0 amide bonds. The monoisotopic (exact) mass is 375 g/mol. The van der Waals surface area contributed by atoms with E-state index in [4.69, 9.17) is 4.74 Å². The Morgan fingerprint density at radius 3 is 2.57 bits per heavy atom. The lowest BCUT2D eigenvalue weighted by molar-refractivity contribution is 0.122. The van der Waals surface area contributed by atoms with Crippen LogP contribution in [0.3, 0.4) is 0 Å². The van der Waals surface area contributed by atoms with E-state index in [0.29, 0.717) is 12.5 Å². The number of hydrogen-bond donors (Lipinski definition) is 1. The predicted octanol–water partition coefficient (Wildman–Crippen LogP) is 2.70. The van der Waals surface area contributed by atoms with E-state index >= 15 is 0 Å². The number of benzene rings is 1. The summed E-state index contributed by atoms with van der Waals surface area (Å²) < 4.78 is 7.23. The summed E-state index contributed by atoms with van der Waals surface area (Å²) in [6, 6.07) is 12.4. The SMILES string of the molecule is C1=Cn2nc(Nc3cccnc3)nc2CN1c1ccc(N2CCOCC2)cc1. The Balaban J connectivity index is 1.29. The van der Waals surface area contributed by atoms with Crippen LogP contribution in [0.25, 0.3) is 6.20 Å². The van der Waals surface area contributed by atoms with E-state index in [1.165, 1.54) is 5.69 Å². The van der Waals surface area contributed by atoms with Gasteiger partial charge < -0.3 is 19.9 Å². The minimum absolute atomic E-state index is 0.567. The highest BCUT2D eigenvalue weighted by molar-refractivity contribution is 5.60. The third-order valence-corrected chi connectivity index (χ3v) is 4.88. The van der Waals surface area contributed by atoms with Crippen molar-refractivity contribution >= 4 is 29.2 Å². The second-order valence-electron chi connectivity index (χ2n) is 6.70. The summed E-state index contributed by atoms with van der Waals surface area (Å²) in [5.74, 6) is 1.45. The smallest absolute Gasteiger partial charge is 0.247 e. The predicted molar refractivity (Wildman–Crippen MR) is 109 cm³/mol. The third kappa shape index (κ3) is 3.41. The molecule has 2 aliphatic heterocycles. The molecule has 8 heteroatoms. The number of rotatable bonds is 4. The van der Waals surface area contributed by atoms with Crippen LogP contribution in [0, 0.1) is 0 Å². The van der Waals surface area contributed by atoms with Crippen LogP contribution in [0.15, 0.2) is 55.0 Å². The van der Waals surface area contributed by atoms with Crippen molar-refractivity contribution in [3.8, 4) is 0 Å². The third-order valence-electron chi connectivity index (χ3n) is 4.88. The maximum absolute atomic E-state index is 5.43. The van der Waals surface area contributed by atoms with Crippen molar-refractivity contribution in [1.29, 1.82) is 0 Å². The first-order chi connectivity index (χ1) is 13.8. The van der Waals surface area contributed by atoms with E-state index in [-0.39, 0.29) is 0 Å². The molecule has 4 heterocycles. The zero-order valence-corrected chi connectivity index (χ0v) is 15.4. The van der Waals surface area contributed by atoms with Gasteiger partial charge in [-0.05, 0) is 36.4 Å². The van der Waals surface area contributed by atoms with E-state index in [2.05, 4.69) is 54.4 Å². The van der Waals surface area contributed by atoms with Crippen LogP contribution in [0.2, 0.25) is 0 Å². The van der Waals surface area contributed by atoms with E-state index in [0.717, 1.165) is 43.5 Å². The zero-order valence-electron chi connectivity index (χ0n) is 15.4. The van der Waals surface area contributed by atoms with Crippen LogP contribution in [-0.4, -0.2) is 46.1 Å². The van der Waals surface area contributed by atoms with Crippen molar-refractivity contribution in [2.75, 3.05) is 41.4 Å². The largest absolute Gasteiger partial charge is 0.378 e. The van der Waals surface area contributed by atoms with Gasteiger partial charge in [0.05, 0.1) is 31.6 Å². The molecule has 1 saturated heterocycles. The topological polar surface area (TPSA) is 71.3 Å². The number of morpholine rings is 1. The molecule has 0 atom stereocenters. The average Bonchev–Trinajstić information content (AvgIpc) is 3.16. The summed E-state index contributed by atoms with van der Waals surface area (Å²) in [5, 5.41) is 7.67. The van der Waals surface area contributed by atoms with Crippen LogP contribution < -0.4 is 15.1 Å². The minimum Gasteiger partial charge on any atom is -0.378 e. The Bertz CT molecular complexity index is 962. The molecule has 1 fully saturated rings. The summed E-state index contributed by atoms with van der Waals surface area (Å²) in [5.41, 5.74) is 3.23. The second-order valence-corrected chi connectivity index (χ2v) is 6.70. The summed E-state index contributed by atoms with van der Waals surface area (Å²) in [6.45, 7) is 4.13. The number of pyridine rings is 1. The first kappa shape index (κ1) is 16.8. The lowest BCUT2D eigenvalue weighted by atomic mass is 10.2. The van der Waals surface area contributed by atoms with E-state index in [9.17, 15) is 0 Å². The van der Waals surface area contributed by atoms with Gasteiger partial charge in [0.2, 0.25) is 5.95 Å². The van der Waals surface area contributed by atoms with Crippen molar-refractivity contribution in [3.05, 3.63) is 60.8 Å². The molecule has 3 aromatic rings. The van der Waals surface area contributed by atoms with Gasteiger partial charge in [-0.2, -0.15) is 4.98 Å². The fourth-order valence-corrected chi connectivity index (χ4v) is 3.40. The fourth-order valence-electron chi connectivity index (χ4n) is 3.40. The maximum atomic E-state index is 5.43. The first-order valence-corrected chi connectivity index (χ1v) is 9.35. The molecule has 28 heavy (non-hydrogen) atoms. The summed E-state index contributed by atoms with van der Waals surface area (Å²) >= 11 is 0. The summed E-state index contributed by atoms with van der Waals surface area (Å²) in [4.78, 5) is 13.2. The molecule has 0 saturated carbocycles. The zero-order chi connectivity index (χ0) is 18.8. The van der Waals surface area contributed by atoms with Gasteiger partial charge in [0.1, 0.15) is 0 Å². The maximum Gasteiger partial charge on any atom is 0.247 e. The van der Waals surface area contributed by atoms with Crippen molar-refractivity contribution in [3.63, 3.8) is 0 Å². The minimum atomic E-state index is 0.567. The molecule has 142 valence electrons. The number of hydrogen-bond acceptors (Lipinski definition) is 7. The number of nitrogens with one attached hydrogen (secondary N) is 1. The normalized spacial score (nSPS) is 16.1. The molecule has 0 radical (unpaired) electrons. The van der Waals surface area contributed by atoms with Gasteiger partial charge in [0, 0.05) is 43.1 Å². The molecule has 0 aliphatic carbocycles. The Labute approximate surface area is 163 Å². The first-order valence-electron chi connectivity index (χ1n) is 9.35. The van der Waals surface area contributed by atoms with Crippen molar-refractivity contribution < 1.29 is 4.74 Å². The second kappa shape index (κ2) is 7.32. The Morgan fingerprint density at radius 1 is 0.964 bits per heavy atom. The van der Waals surface area contributed by atoms with E-state index in [1.54, 1.807) is 17.1 Å². The standard InChI is InChI=1S/C20H21N7O/c1-2-16(14-21-7-1)22-20-23-19-15-26(8-9-27(19)24-20)18-5-3-17(4-6-18)25-10-12-28-13-11-25/h1-9,14H,10-13,15H2,(H,22,24). The molecule has 8 nitrogen and oxygen atoms in total. The lowest BCUT2D eigenvalue weighted by Crippen LogP contribution is -2.36. The van der Waals surface area contributed by atoms with Gasteiger partial charge in [-0.3, -0.25) is 4.98 Å². The summed E-state index contributed by atoms with van der Waals surface area (Å²) in [6.07, 6.45) is 7.44. The molecule has 1 N–H and O–H groups in total. The molecule has 1 aromatic carbocycles. The molecule has 0 spiro atoms.